The van der Waals surface area contributed by atoms with Crippen molar-refractivity contribution < 1.29 is 22.4 Å². The van der Waals surface area contributed by atoms with E-state index in [2.05, 4.69) is 4.72 Å². The molecule has 2 aromatic carbocycles. The first-order valence-corrected chi connectivity index (χ1v) is 11.6. The minimum atomic E-state index is -3.67. The summed E-state index contributed by atoms with van der Waals surface area (Å²) in [4.78, 5) is 14.6. The average molecular weight is 455 g/mol. The van der Waals surface area contributed by atoms with Gasteiger partial charge in [-0.25, -0.2) is 13.1 Å². The third-order valence-electron chi connectivity index (χ3n) is 4.72. The van der Waals surface area contributed by atoms with Crippen LogP contribution in [0.5, 0.6) is 0 Å². The molecule has 168 valence electrons. The van der Waals surface area contributed by atoms with E-state index in [-0.39, 0.29) is 17.3 Å². The molecule has 0 aliphatic heterocycles. The fraction of sp³-hybridized carbons (Fsp3) is 0.208. The highest BCUT2D eigenvalue weighted by atomic mass is 32.2. The number of benzene rings is 2. The molecule has 0 aliphatic carbocycles. The Morgan fingerprint density at radius 1 is 1.06 bits per heavy atom. The topological polar surface area (TPSA) is 88.8 Å². The van der Waals surface area contributed by atoms with Crippen LogP contribution in [0.3, 0.4) is 0 Å². The first-order valence-electron chi connectivity index (χ1n) is 10.1. The molecular formula is C24H26N2O5S. The first kappa shape index (κ1) is 23.5. The summed E-state index contributed by atoms with van der Waals surface area (Å²) >= 11 is 0. The molecule has 0 saturated carbocycles. The normalized spacial score (nSPS) is 11.7. The molecule has 0 bridgehead atoms. The summed E-state index contributed by atoms with van der Waals surface area (Å²) in [5, 5.41) is 0. The molecule has 0 radical (unpaired) electrons. The van der Waals surface area contributed by atoms with Crippen molar-refractivity contribution >= 4 is 22.0 Å². The maximum absolute atomic E-state index is 12.7. The monoisotopic (exact) mass is 454 g/mol. The van der Waals surface area contributed by atoms with Gasteiger partial charge in [-0.2, -0.15) is 0 Å². The van der Waals surface area contributed by atoms with Crippen LogP contribution in [-0.2, 0) is 32.6 Å². The Bertz CT molecular complexity index is 1110. The van der Waals surface area contributed by atoms with Gasteiger partial charge >= 0.3 is 0 Å². The van der Waals surface area contributed by atoms with Crippen LogP contribution in [0.1, 0.15) is 16.9 Å². The zero-order valence-corrected chi connectivity index (χ0v) is 18.6. The second-order valence-corrected chi connectivity index (χ2v) is 8.81. The SMILES string of the molecule is COCCN(Cc1ccccc1)C(=O)/C=C/c1ccc(S(=O)(=O)NCc2ccco2)cc1. The van der Waals surface area contributed by atoms with Gasteiger partial charge in [0.1, 0.15) is 5.76 Å². The second kappa shape index (κ2) is 11.4. The van der Waals surface area contributed by atoms with Crippen LogP contribution in [0.25, 0.3) is 6.08 Å². The molecule has 0 aliphatic rings. The van der Waals surface area contributed by atoms with E-state index in [1.807, 2.05) is 30.3 Å². The average Bonchev–Trinajstić information content (AvgIpc) is 3.34. The van der Waals surface area contributed by atoms with Crippen molar-refractivity contribution in [3.63, 3.8) is 0 Å². The lowest BCUT2D eigenvalue weighted by Gasteiger charge is -2.21. The Morgan fingerprint density at radius 2 is 1.81 bits per heavy atom. The van der Waals surface area contributed by atoms with E-state index in [1.54, 1.807) is 42.4 Å². The van der Waals surface area contributed by atoms with E-state index >= 15 is 0 Å². The molecule has 0 fully saturated rings. The molecule has 1 heterocycles. The summed E-state index contributed by atoms with van der Waals surface area (Å²) in [7, 11) is -2.07. The largest absolute Gasteiger partial charge is 0.468 e. The lowest BCUT2D eigenvalue weighted by molar-refractivity contribution is -0.127. The summed E-state index contributed by atoms with van der Waals surface area (Å²) in [5.74, 6) is 0.378. The molecule has 1 N–H and O–H groups in total. The van der Waals surface area contributed by atoms with Crippen molar-refractivity contribution in [2.75, 3.05) is 20.3 Å². The molecule has 8 heteroatoms. The fourth-order valence-electron chi connectivity index (χ4n) is 2.97. The molecule has 1 amide bonds. The van der Waals surface area contributed by atoms with E-state index < -0.39 is 10.0 Å². The Balaban J connectivity index is 1.63. The number of carbonyl (C=O) groups is 1. The first-order chi connectivity index (χ1) is 15.5. The van der Waals surface area contributed by atoms with Gasteiger partial charge in [0, 0.05) is 26.3 Å². The van der Waals surface area contributed by atoms with Crippen molar-refractivity contribution in [2.45, 2.75) is 18.0 Å². The summed E-state index contributed by atoms with van der Waals surface area (Å²) < 4.78 is 37.6. The van der Waals surface area contributed by atoms with Crippen LogP contribution < -0.4 is 4.72 Å². The number of amides is 1. The molecule has 1 aromatic heterocycles. The van der Waals surface area contributed by atoms with E-state index in [0.29, 0.717) is 25.5 Å². The lowest BCUT2D eigenvalue weighted by atomic mass is 10.2. The Kier molecular flexibility index (Phi) is 8.38. The standard InChI is InChI=1S/C24H26N2O5S/c1-30-17-15-26(19-21-6-3-2-4-7-21)24(27)14-11-20-9-12-23(13-10-20)32(28,29)25-18-22-8-5-16-31-22/h2-14,16,25H,15,17-19H2,1H3/b14-11+. The predicted molar refractivity (Wildman–Crippen MR) is 122 cm³/mol. The zero-order chi connectivity index (χ0) is 22.8. The van der Waals surface area contributed by atoms with Gasteiger partial charge in [0.05, 0.1) is 24.3 Å². The maximum atomic E-state index is 12.7. The van der Waals surface area contributed by atoms with Crippen LogP contribution in [0, 0.1) is 0 Å². The van der Waals surface area contributed by atoms with Crippen LogP contribution >= 0.6 is 0 Å². The number of nitrogens with one attached hydrogen (secondary N) is 1. The van der Waals surface area contributed by atoms with Gasteiger partial charge in [0.15, 0.2) is 0 Å². The van der Waals surface area contributed by atoms with Crippen LogP contribution in [0.2, 0.25) is 0 Å². The van der Waals surface area contributed by atoms with Crippen molar-refractivity contribution in [1.29, 1.82) is 0 Å². The highest BCUT2D eigenvalue weighted by Crippen LogP contribution is 2.13. The lowest BCUT2D eigenvalue weighted by Crippen LogP contribution is -2.32. The molecule has 3 aromatic rings. The van der Waals surface area contributed by atoms with E-state index in [9.17, 15) is 13.2 Å². The number of carbonyl (C=O) groups excluding carboxylic acids is 1. The number of methoxy groups -OCH3 is 1. The van der Waals surface area contributed by atoms with Gasteiger partial charge in [0.2, 0.25) is 15.9 Å². The van der Waals surface area contributed by atoms with Gasteiger partial charge in [-0.3, -0.25) is 4.79 Å². The summed E-state index contributed by atoms with van der Waals surface area (Å²) in [6.45, 7) is 1.45. The minimum Gasteiger partial charge on any atom is -0.468 e. The van der Waals surface area contributed by atoms with Gasteiger partial charge in [0.25, 0.3) is 0 Å². The van der Waals surface area contributed by atoms with Gasteiger partial charge < -0.3 is 14.1 Å². The molecule has 3 rings (SSSR count). The zero-order valence-electron chi connectivity index (χ0n) is 17.8. The Morgan fingerprint density at radius 3 is 2.47 bits per heavy atom. The van der Waals surface area contributed by atoms with Crippen LogP contribution in [-0.4, -0.2) is 39.5 Å². The Labute approximate surface area is 188 Å². The molecule has 7 nitrogen and oxygen atoms in total. The summed E-state index contributed by atoms with van der Waals surface area (Å²) in [5.41, 5.74) is 1.75. The van der Waals surface area contributed by atoms with Crippen LogP contribution in [0.4, 0.5) is 0 Å². The second-order valence-electron chi connectivity index (χ2n) is 7.04. The van der Waals surface area contributed by atoms with Gasteiger partial charge in [-0.1, -0.05) is 42.5 Å². The minimum absolute atomic E-state index is 0.0736. The molecule has 0 spiro atoms. The number of nitrogens with zero attached hydrogens (tertiary/aromatic N) is 1. The number of hydrogen-bond acceptors (Lipinski definition) is 5. The van der Waals surface area contributed by atoms with Crippen molar-refractivity contribution in [3.05, 3.63) is 96.0 Å². The van der Waals surface area contributed by atoms with Gasteiger partial charge in [-0.05, 0) is 41.5 Å². The fourth-order valence-corrected chi connectivity index (χ4v) is 3.96. The third kappa shape index (κ3) is 6.91. The number of rotatable bonds is 11. The quantitative estimate of drug-likeness (QED) is 0.449. The number of furan rings is 1. The van der Waals surface area contributed by atoms with Gasteiger partial charge in [-0.15, -0.1) is 0 Å². The van der Waals surface area contributed by atoms with E-state index in [0.717, 1.165) is 11.1 Å². The molecule has 0 atom stereocenters. The summed E-state index contributed by atoms with van der Waals surface area (Å²) in [6.07, 6.45) is 4.64. The highest BCUT2D eigenvalue weighted by molar-refractivity contribution is 7.89. The number of sulfonamides is 1. The molecule has 0 saturated heterocycles. The smallest absolute Gasteiger partial charge is 0.246 e. The number of hydrogen-bond donors (Lipinski definition) is 1. The Hall–Kier alpha value is -3.20. The third-order valence-corrected chi connectivity index (χ3v) is 6.14. The van der Waals surface area contributed by atoms with Crippen molar-refractivity contribution in [2.24, 2.45) is 0 Å². The number of ether oxygens (including phenoxy) is 1. The maximum Gasteiger partial charge on any atom is 0.246 e. The molecule has 0 unspecified atom stereocenters. The predicted octanol–water partition coefficient (Wildman–Crippen LogP) is 3.45. The highest BCUT2D eigenvalue weighted by Gasteiger charge is 2.14. The van der Waals surface area contributed by atoms with E-state index in [4.69, 9.17) is 9.15 Å². The summed E-state index contributed by atoms with van der Waals surface area (Å²) in [6, 6.07) is 19.4. The molecular weight excluding hydrogens is 428 g/mol. The van der Waals surface area contributed by atoms with Crippen LogP contribution in [0.15, 0.2) is 88.4 Å². The van der Waals surface area contributed by atoms with E-state index in [1.165, 1.54) is 24.5 Å². The van der Waals surface area contributed by atoms with Crippen molar-refractivity contribution in [1.82, 2.24) is 9.62 Å². The van der Waals surface area contributed by atoms with Crippen molar-refractivity contribution in [3.8, 4) is 0 Å². The molecule has 32 heavy (non-hydrogen) atoms.